The van der Waals surface area contributed by atoms with Gasteiger partial charge in [-0.25, -0.2) is 4.57 Å². The normalized spacial score (nSPS) is 14.6. The fraction of sp³-hybridized carbons (Fsp3) is 0.716. The Labute approximate surface area is 470 Å². The van der Waals surface area contributed by atoms with Crippen molar-refractivity contribution in [2.24, 2.45) is 0 Å². The monoisotopic (exact) mass is 1080 g/mol. The van der Waals surface area contributed by atoms with Gasteiger partial charge in [0.2, 0.25) is 5.91 Å². The van der Waals surface area contributed by atoms with Crippen LogP contribution in [0.1, 0.15) is 258 Å². The van der Waals surface area contributed by atoms with Crippen molar-refractivity contribution in [1.82, 2.24) is 5.32 Å². The molecule has 0 spiro atoms. The molecule has 0 saturated carbocycles. The summed E-state index contributed by atoms with van der Waals surface area (Å²) >= 11 is 0. The topological polar surface area (TPSA) is 105 Å². The SMILES string of the molecule is CC/C=C\C/C=C\C/C=C\C/C=C\C/C=C\C/C=C\C/C=C\CCCCCCCCCCCCCCCCCC(=O)NC(COP(=O)(O)OCC[N+](C)(C)C)C(O)/C=C/CC/C=C/CCCCCCCCCCCCC. The number of phosphoric acid groups is 1. The first-order valence-electron chi connectivity index (χ1n) is 31.3. The van der Waals surface area contributed by atoms with Gasteiger partial charge < -0.3 is 19.8 Å². The Balaban J connectivity index is 4.09. The Bertz CT molecular complexity index is 1600. The number of carbonyl (C=O) groups excluding carboxylic acids is 1. The van der Waals surface area contributed by atoms with Gasteiger partial charge in [0.25, 0.3) is 0 Å². The predicted molar refractivity (Wildman–Crippen MR) is 332 cm³/mol. The fourth-order valence-electron chi connectivity index (χ4n) is 8.63. The van der Waals surface area contributed by atoms with Gasteiger partial charge >= 0.3 is 7.82 Å². The highest BCUT2D eigenvalue weighted by molar-refractivity contribution is 7.47. The van der Waals surface area contributed by atoms with Crippen LogP contribution in [0.2, 0.25) is 0 Å². The average Bonchev–Trinajstić information content (AvgIpc) is 3.38. The maximum atomic E-state index is 13.0. The number of hydrogen-bond acceptors (Lipinski definition) is 5. The molecule has 8 nitrogen and oxygen atoms in total. The molecule has 0 rings (SSSR count). The van der Waals surface area contributed by atoms with E-state index in [1.807, 2.05) is 27.2 Å². The molecule has 3 N–H and O–H groups in total. The number of phosphoric ester groups is 1. The molecule has 0 aliphatic rings. The molecule has 76 heavy (non-hydrogen) atoms. The Morgan fingerprint density at radius 1 is 0.461 bits per heavy atom. The first kappa shape index (κ1) is 73.2. The van der Waals surface area contributed by atoms with E-state index in [0.29, 0.717) is 17.4 Å². The highest BCUT2D eigenvalue weighted by Crippen LogP contribution is 2.43. The number of nitrogens with one attached hydrogen (secondary N) is 1. The third kappa shape index (κ3) is 58.8. The summed E-state index contributed by atoms with van der Waals surface area (Å²) < 4.78 is 23.7. The van der Waals surface area contributed by atoms with Gasteiger partial charge in [0.15, 0.2) is 0 Å². The molecule has 0 bridgehead atoms. The third-order valence-corrected chi connectivity index (χ3v) is 14.5. The van der Waals surface area contributed by atoms with Crippen LogP contribution in [0.5, 0.6) is 0 Å². The first-order chi connectivity index (χ1) is 37.0. The van der Waals surface area contributed by atoms with Gasteiger partial charge in [-0.1, -0.05) is 271 Å². The molecule has 0 fully saturated rings. The van der Waals surface area contributed by atoms with Gasteiger partial charge in [0, 0.05) is 6.42 Å². The van der Waals surface area contributed by atoms with E-state index in [0.717, 1.165) is 83.5 Å². The number of allylic oxidation sites excluding steroid dienone is 17. The van der Waals surface area contributed by atoms with Crippen molar-refractivity contribution in [1.29, 1.82) is 0 Å². The Hall–Kier alpha value is -2.84. The molecule has 0 saturated heterocycles. The van der Waals surface area contributed by atoms with Gasteiger partial charge in [-0.2, -0.15) is 0 Å². The van der Waals surface area contributed by atoms with Crippen molar-refractivity contribution in [3.05, 3.63) is 109 Å². The second-order valence-corrected chi connectivity index (χ2v) is 23.5. The lowest BCUT2D eigenvalue weighted by Gasteiger charge is -2.25. The van der Waals surface area contributed by atoms with Crippen LogP contribution >= 0.6 is 7.82 Å². The quantitative estimate of drug-likeness (QED) is 0.0243. The van der Waals surface area contributed by atoms with Crippen LogP contribution in [0.25, 0.3) is 0 Å². The maximum Gasteiger partial charge on any atom is 0.472 e. The van der Waals surface area contributed by atoms with Crippen LogP contribution in [0.3, 0.4) is 0 Å². The van der Waals surface area contributed by atoms with Crippen molar-refractivity contribution in [2.75, 3.05) is 40.9 Å². The summed E-state index contributed by atoms with van der Waals surface area (Å²) in [7, 11) is 1.55. The Morgan fingerprint density at radius 3 is 1.21 bits per heavy atom. The summed E-state index contributed by atoms with van der Waals surface area (Å²) in [5.41, 5.74) is 0. The minimum absolute atomic E-state index is 0.0528. The molecule has 0 aliphatic heterocycles. The third-order valence-electron chi connectivity index (χ3n) is 13.5. The first-order valence-corrected chi connectivity index (χ1v) is 32.8. The second-order valence-electron chi connectivity index (χ2n) is 22.0. The standard InChI is InChI=1S/C67H119N2O6P/c1-6-8-10-12-14-16-18-20-22-24-25-26-27-28-29-30-31-32-33-34-35-36-37-38-39-40-41-42-43-45-47-49-51-53-55-57-59-61-67(71)68-65(64-75-76(72,73)74-63-62-69(3,4)5)66(70)60-58-56-54-52-50-48-46-44-23-21-19-17-15-13-11-9-7-2/h8,10,14,16,20,22,25-26,28-29,31-32,34-35,50,52,58,60,65-66,70H,6-7,9,11-13,15,17-19,21,23-24,27,30,33,36-49,51,53-57,59,61-64H2,1-5H3,(H-,68,71,72,73)/p+1/b10-8-,16-14-,22-20-,26-25-,29-28-,32-31-,35-34-,52-50+,60-58+. The van der Waals surface area contributed by atoms with Gasteiger partial charge in [0.05, 0.1) is 39.9 Å². The van der Waals surface area contributed by atoms with Crippen LogP contribution in [0, 0.1) is 0 Å². The summed E-state index contributed by atoms with van der Waals surface area (Å²) in [6.07, 6.45) is 83.5. The van der Waals surface area contributed by atoms with Crippen molar-refractivity contribution < 1.29 is 32.9 Å². The summed E-state index contributed by atoms with van der Waals surface area (Å²) in [6.45, 7) is 4.68. The molecule has 0 aromatic carbocycles. The molecule has 0 aliphatic carbocycles. The number of quaternary nitrogens is 1. The molecule has 0 radical (unpaired) electrons. The minimum Gasteiger partial charge on any atom is -0.387 e. The van der Waals surface area contributed by atoms with E-state index in [-0.39, 0.29) is 19.1 Å². The molecule has 0 aromatic heterocycles. The highest BCUT2D eigenvalue weighted by atomic mass is 31.2. The van der Waals surface area contributed by atoms with E-state index in [4.69, 9.17) is 9.05 Å². The Kier molecular flexibility index (Phi) is 54.7. The predicted octanol–water partition coefficient (Wildman–Crippen LogP) is 19.5. The van der Waals surface area contributed by atoms with E-state index in [1.165, 1.54) is 154 Å². The lowest BCUT2D eigenvalue weighted by atomic mass is 10.0. The number of aliphatic hydroxyl groups is 1. The number of amides is 1. The molecular weight excluding hydrogens is 960 g/mol. The number of carbonyl (C=O) groups is 1. The van der Waals surface area contributed by atoms with Crippen LogP contribution in [0.15, 0.2) is 109 Å². The van der Waals surface area contributed by atoms with Crippen molar-refractivity contribution in [2.45, 2.75) is 270 Å². The number of unbranched alkanes of at least 4 members (excludes halogenated alkanes) is 27. The number of rotatable bonds is 56. The van der Waals surface area contributed by atoms with Gasteiger partial charge in [0.1, 0.15) is 13.2 Å². The molecular formula is C67H120N2O6P+. The zero-order valence-corrected chi connectivity index (χ0v) is 50.9. The summed E-state index contributed by atoms with van der Waals surface area (Å²) in [5.74, 6) is -0.189. The van der Waals surface area contributed by atoms with Gasteiger partial charge in [-0.3, -0.25) is 13.8 Å². The van der Waals surface area contributed by atoms with Crippen LogP contribution in [0.4, 0.5) is 0 Å². The van der Waals surface area contributed by atoms with E-state index in [9.17, 15) is 19.4 Å². The van der Waals surface area contributed by atoms with E-state index >= 15 is 0 Å². The molecule has 0 heterocycles. The summed E-state index contributed by atoms with van der Waals surface area (Å²) in [5, 5.41) is 13.9. The van der Waals surface area contributed by atoms with Gasteiger partial charge in [-0.15, -0.1) is 0 Å². The van der Waals surface area contributed by atoms with Crippen LogP contribution in [-0.4, -0.2) is 73.4 Å². The van der Waals surface area contributed by atoms with Crippen molar-refractivity contribution in [3.63, 3.8) is 0 Å². The summed E-state index contributed by atoms with van der Waals surface area (Å²) in [4.78, 5) is 23.3. The molecule has 3 atom stereocenters. The molecule has 3 unspecified atom stereocenters. The minimum atomic E-state index is -4.36. The highest BCUT2D eigenvalue weighted by Gasteiger charge is 2.27. The number of hydrogen-bond donors (Lipinski definition) is 3. The zero-order valence-electron chi connectivity index (χ0n) is 50.0. The molecule has 9 heteroatoms. The molecule has 1 amide bonds. The number of likely N-dealkylation sites (N-methyl/N-ethyl adjacent to an activating group) is 1. The second kappa shape index (κ2) is 56.9. The van der Waals surface area contributed by atoms with Crippen molar-refractivity contribution >= 4 is 13.7 Å². The smallest absolute Gasteiger partial charge is 0.387 e. The number of aliphatic hydroxyl groups excluding tert-OH is 1. The largest absolute Gasteiger partial charge is 0.472 e. The lowest BCUT2D eigenvalue weighted by Crippen LogP contribution is -2.45. The fourth-order valence-corrected chi connectivity index (χ4v) is 9.36. The Morgan fingerprint density at radius 2 is 0.803 bits per heavy atom. The average molecular weight is 1080 g/mol. The van der Waals surface area contributed by atoms with E-state index in [2.05, 4.69) is 116 Å². The number of nitrogens with zero attached hydrogens (tertiary/aromatic N) is 1. The summed E-state index contributed by atoms with van der Waals surface area (Å²) in [6, 6.07) is -0.869. The van der Waals surface area contributed by atoms with E-state index in [1.54, 1.807) is 6.08 Å². The van der Waals surface area contributed by atoms with Crippen LogP contribution in [-0.2, 0) is 18.4 Å². The lowest BCUT2D eigenvalue weighted by molar-refractivity contribution is -0.870. The zero-order chi connectivity index (χ0) is 55.6. The van der Waals surface area contributed by atoms with Gasteiger partial charge in [-0.05, 0) is 89.9 Å². The molecule has 438 valence electrons. The van der Waals surface area contributed by atoms with Crippen LogP contribution < -0.4 is 5.32 Å². The molecule has 0 aromatic rings. The van der Waals surface area contributed by atoms with Crippen molar-refractivity contribution in [3.8, 4) is 0 Å². The van der Waals surface area contributed by atoms with E-state index < -0.39 is 20.0 Å². The maximum absolute atomic E-state index is 13.0.